The number of amides is 1. The number of aliphatic hydroxyl groups is 2. The Bertz CT molecular complexity index is 5190. The monoisotopic (exact) mass is 1900 g/mol. The Morgan fingerprint density at radius 1 is 0.328 bits per heavy atom. The molecule has 4 heterocycles. The van der Waals surface area contributed by atoms with Crippen LogP contribution >= 0.6 is 34.8 Å². The maximum absolute atomic E-state index is 14.9. The molecule has 11 aromatic carbocycles. The average Bonchev–Trinajstić information content (AvgIpc) is 0.741. The molecule has 0 radical (unpaired) electrons. The quantitative estimate of drug-likeness (QED) is 0.0183. The van der Waals surface area contributed by atoms with E-state index in [2.05, 4.69) is 56.9 Å². The van der Waals surface area contributed by atoms with Crippen LogP contribution in [0.4, 0.5) is 0 Å². The van der Waals surface area contributed by atoms with Crippen LogP contribution < -0.4 is 15.7 Å². The van der Waals surface area contributed by atoms with Crippen LogP contribution in [0, 0.1) is 0 Å². The van der Waals surface area contributed by atoms with Crippen molar-refractivity contribution in [3.05, 3.63) is 396 Å². The van der Waals surface area contributed by atoms with E-state index in [0.29, 0.717) is 0 Å². The smallest absolute Gasteiger partial charge is 0.272 e. The van der Waals surface area contributed by atoms with Crippen molar-refractivity contribution < 1.29 is 100.0 Å². The van der Waals surface area contributed by atoms with Gasteiger partial charge in [-0.3, -0.25) is 4.79 Å². The predicted molar refractivity (Wildman–Crippen MR) is 512 cm³/mol. The summed E-state index contributed by atoms with van der Waals surface area (Å²) >= 11 is 19.9. The van der Waals surface area contributed by atoms with Crippen molar-refractivity contribution >= 4 is 59.4 Å². The molecule has 15 rings (SSSR count). The number of alkyl halides is 3. The van der Waals surface area contributed by atoms with E-state index < -0.39 is 152 Å². The molecule has 4 aliphatic heterocycles. The molecule has 3 N–H and O–H groups in total. The summed E-state index contributed by atoms with van der Waals surface area (Å²) in [7, 11) is -3.44. The largest absolute Gasteiger partial charge is 0.405 e. The summed E-state index contributed by atoms with van der Waals surface area (Å²) in [5, 5.41) is 31.6. The van der Waals surface area contributed by atoms with Gasteiger partial charge in [0, 0.05) is 0 Å². The molecule has 22 nitrogen and oxygen atoms in total. The van der Waals surface area contributed by atoms with Crippen LogP contribution in [-0.2, 0) is 149 Å². The molecule has 1 amide bonds. The van der Waals surface area contributed by atoms with Gasteiger partial charge in [0.1, 0.15) is 97.6 Å². The Morgan fingerprint density at radius 2 is 0.612 bits per heavy atom. The lowest BCUT2D eigenvalue weighted by atomic mass is 9.94. The van der Waals surface area contributed by atoms with Crippen molar-refractivity contribution in [2.45, 2.75) is 212 Å². The van der Waals surface area contributed by atoms with Gasteiger partial charge in [0.25, 0.3) is 18.0 Å². The molecule has 4 saturated heterocycles. The molecule has 4 aliphatic rings. The Morgan fingerprint density at radius 3 is 0.985 bits per heavy atom. The molecule has 134 heavy (non-hydrogen) atoms. The number of halogens is 3. The first-order chi connectivity index (χ1) is 65.4. The summed E-state index contributed by atoms with van der Waals surface area (Å²) in [6, 6.07) is 106. The highest BCUT2D eigenvalue weighted by molar-refractivity contribution is 6.99. The fourth-order valence-electron chi connectivity index (χ4n) is 17.4. The maximum atomic E-state index is 14.9. The van der Waals surface area contributed by atoms with Gasteiger partial charge in [-0.15, -0.1) is 6.58 Å². The molecular formula is C108H118Cl3NO21Si. The minimum atomic E-state index is -3.44. The SMILES string of the molecule is C=CCO[C@H]1O[C@H](CO[C@H]2O[C@H](COCc3ccccc3)[C@@H](OCc3ccccc3)[C@H](OCc3ccccc3)[C@@H]2O[C@H]2O[C@H](CO[Si](c3ccccc3)(c3ccccc3)C(C)(C)C)[C@@H](OCc3ccccc3)[C@H](OCc3ccccc3)[C@@H]2O)[C@@H](O[C@@H]2O[C@H](COCc3ccccc3)[C@H](OCc3ccccc3)[C@H](OCc3ccccc3)[C@H]2NC(=O)C(Cl)(Cl)Cl)[C@H](OCc2ccccc2)[C@@H]1O. The highest BCUT2D eigenvalue weighted by Crippen LogP contribution is 2.43. The maximum Gasteiger partial charge on any atom is 0.272 e. The molecule has 0 unspecified atom stereocenters. The first-order valence-electron chi connectivity index (χ1n) is 45.5. The van der Waals surface area contributed by atoms with Crippen LogP contribution in [0.25, 0.3) is 0 Å². The molecule has 0 aliphatic carbocycles. The van der Waals surface area contributed by atoms with E-state index in [1.54, 1.807) is 0 Å². The minimum Gasteiger partial charge on any atom is -0.405 e. The van der Waals surface area contributed by atoms with E-state index in [9.17, 15) is 15.0 Å². The number of hydrogen-bond acceptors (Lipinski definition) is 21. The zero-order valence-electron chi connectivity index (χ0n) is 75.3. The second-order valence-corrected chi connectivity index (χ2v) is 41.2. The van der Waals surface area contributed by atoms with E-state index >= 15 is 0 Å². The number of ether oxygens (including phenoxy) is 17. The van der Waals surface area contributed by atoms with Gasteiger partial charge in [-0.1, -0.05) is 395 Å². The second-order valence-electron chi connectivity index (χ2n) is 34.6. The number of rotatable bonds is 45. The Kier molecular flexibility index (Phi) is 36.9. The summed E-state index contributed by atoms with van der Waals surface area (Å²) in [6.07, 6.45) is -24.3. The number of aliphatic hydroxyl groups excluding tert-OH is 2. The van der Waals surface area contributed by atoms with Gasteiger partial charge in [-0.2, -0.15) is 0 Å². The van der Waals surface area contributed by atoms with Crippen LogP contribution in [0.3, 0.4) is 0 Å². The van der Waals surface area contributed by atoms with Crippen molar-refractivity contribution in [3.63, 3.8) is 0 Å². The average molecular weight is 1900 g/mol. The Hall–Kier alpha value is -9.08. The van der Waals surface area contributed by atoms with E-state index in [4.69, 9.17) is 120 Å². The molecular weight excluding hydrogens is 1780 g/mol. The predicted octanol–water partition coefficient (Wildman–Crippen LogP) is 16.6. The molecule has 0 bridgehead atoms. The van der Waals surface area contributed by atoms with Gasteiger partial charge in [0.15, 0.2) is 25.2 Å². The fraction of sp³-hybridized carbons (Fsp3) is 0.361. The van der Waals surface area contributed by atoms with Crippen molar-refractivity contribution in [1.29, 1.82) is 0 Å². The topological polar surface area (TPSA) is 236 Å². The van der Waals surface area contributed by atoms with Crippen LogP contribution in [0.15, 0.2) is 346 Å². The number of carbonyl (C=O) groups is 1. The zero-order valence-corrected chi connectivity index (χ0v) is 78.5. The first-order valence-corrected chi connectivity index (χ1v) is 48.5. The van der Waals surface area contributed by atoms with Crippen molar-refractivity contribution in [2.75, 3.05) is 33.0 Å². The van der Waals surface area contributed by atoms with E-state index in [1.165, 1.54) is 6.08 Å². The summed E-state index contributed by atoms with van der Waals surface area (Å²) < 4.78 is 128. The first kappa shape index (κ1) is 99.4. The summed E-state index contributed by atoms with van der Waals surface area (Å²) in [6.45, 7) is 9.91. The molecule has 0 spiro atoms. The third-order valence-corrected chi connectivity index (χ3v) is 29.6. The fourth-order valence-corrected chi connectivity index (χ4v) is 22.1. The van der Waals surface area contributed by atoms with Crippen LogP contribution in [-0.4, -0.2) is 184 Å². The lowest BCUT2D eigenvalue weighted by Crippen LogP contribution is -2.69. The van der Waals surface area contributed by atoms with Gasteiger partial charge in [0.05, 0.1) is 92.5 Å². The number of nitrogens with one attached hydrogen (secondary N) is 1. The van der Waals surface area contributed by atoms with Gasteiger partial charge >= 0.3 is 0 Å². The van der Waals surface area contributed by atoms with Crippen molar-refractivity contribution in [1.82, 2.24) is 5.32 Å². The highest BCUT2D eigenvalue weighted by atomic mass is 35.6. The number of hydrogen-bond donors (Lipinski definition) is 3. The number of carbonyl (C=O) groups excluding carboxylic acids is 1. The lowest BCUT2D eigenvalue weighted by Gasteiger charge is -2.51. The summed E-state index contributed by atoms with van der Waals surface area (Å²) in [5.41, 5.74) is 7.34. The minimum absolute atomic E-state index is 0.0196. The normalized spacial score (nSPS) is 25.6. The molecule has 706 valence electrons. The summed E-state index contributed by atoms with van der Waals surface area (Å²) in [4.78, 5) is 14.9. The van der Waals surface area contributed by atoms with Gasteiger partial charge in [0.2, 0.25) is 0 Å². The van der Waals surface area contributed by atoms with Crippen LogP contribution in [0.5, 0.6) is 0 Å². The molecule has 20 atom stereocenters. The van der Waals surface area contributed by atoms with Crippen LogP contribution in [0.2, 0.25) is 5.04 Å². The highest BCUT2D eigenvalue weighted by Gasteiger charge is 2.59. The Labute approximate surface area is 800 Å². The van der Waals surface area contributed by atoms with Gasteiger partial charge in [-0.05, 0) is 65.5 Å². The van der Waals surface area contributed by atoms with Crippen molar-refractivity contribution in [3.8, 4) is 0 Å². The standard InChI is InChI=1S/C108H118Cl3NO21Si/c1-5-61-118-103-91(113)99(124-69-82-53-31-13-32-54-82)96(132-102-90(112-106(115)108(109,110)111)97(122-67-80-49-27-11-28-50-80)93(119-64-77-43-21-8-22-44-77)86(128-102)71-116-62-75-39-17-6-18-40-75)88(129-103)73-126-105-101(100(125-70-83-55-33-14-34-56-83)95(121-66-79-47-25-10-26-48-79)87(131-105)72-117-63-76-41-19-7-20-42-76)133-104-92(114)98(123-68-81-51-29-12-30-52-81)94(120-65-78-45-23-9-24-46-78)89(130-104)74-127-134(107(2,3)4,84-57-35-15-36-58-84)85-59-37-16-38-60-85/h5-60,86-105,113-114H,1,61-74H2,2-4H3,(H,112,115)/t86-,87-,88-,89-,90-,91+,92+,93+,94-,95-,96-,97-,98-,99-,100+,101+,102+,103+,104-,105+/m1/s1. The molecule has 4 fully saturated rings. The van der Waals surface area contributed by atoms with E-state index in [-0.39, 0.29) is 85.9 Å². The lowest BCUT2D eigenvalue weighted by molar-refractivity contribution is -0.387. The molecule has 11 aromatic rings. The van der Waals surface area contributed by atoms with Gasteiger partial charge in [-0.25, -0.2) is 0 Å². The molecule has 0 aromatic heterocycles. The number of benzene rings is 11. The Balaban J connectivity index is 0.873. The van der Waals surface area contributed by atoms with Crippen LogP contribution in [0.1, 0.15) is 70.8 Å². The van der Waals surface area contributed by atoms with E-state index in [1.807, 2.05) is 309 Å². The zero-order chi connectivity index (χ0) is 92.9. The molecule has 0 saturated carbocycles. The third kappa shape index (κ3) is 27.0. The second kappa shape index (κ2) is 49.8. The summed E-state index contributed by atoms with van der Waals surface area (Å²) in [5.74, 6) is -1.07. The third-order valence-electron chi connectivity index (χ3n) is 24.1. The van der Waals surface area contributed by atoms with Crippen molar-refractivity contribution in [2.24, 2.45) is 0 Å². The van der Waals surface area contributed by atoms with Gasteiger partial charge < -0.3 is 100 Å². The molecule has 26 heteroatoms. The van der Waals surface area contributed by atoms with E-state index in [0.717, 1.165) is 60.4 Å².